The minimum Gasteiger partial charge on any atom is -0.389 e. The fraction of sp³-hybridized carbons (Fsp3) is 0.875. The summed E-state index contributed by atoms with van der Waals surface area (Å²) in [5.74, 6) is 3.54. The highest BCUT2D eigenvalue weighted by molar-refractivity contribution is 4.98. The van der Waals surface area contributed by atoms with E-state index >= 15 is 0 Å². The fourth-order valence-electron chi connectivity index (χ4n) is 2.51. The molecule has 1 aliphatic carbocycles. The molecule has 2 unspecified atom stereocenters. The lowest BCUT2D eigenvalue weighted by molar-refractivity contribution is -0.0281. The first-order chi connectivity index (χ1) is 9.15. The molecule has 19 heavy (non-hydrogen) atoms. The van der Waals surface area contributed by atoms with Gasteiger partial charge in [0.25, 0.3) is 0 Å². The Balaban J connectivity index is 2.10. The van der Waals surface area contributed by atoms with Crippen molar-refractivity contribution in [3.8, 4) is 12.3 Å². The lowest BCUT2D eigenvalue weighted by Gasteiger charge is -2.27. The maximum absolute atomic E-state index is 9.89. The first kappa shape index (κ1) is 16.5. The molecule has 2 atom stereocenters. The fourth-order valence-corrected chi connectivity index (χ4v) is 2.51. The maximum atomic E-state index is 9.89. The van der Waals surface area contributed by atoms with Crippen LogP contribution < -0.4 is 5.32 Å². The van der Waals surface area contributed by atoms with E-state index in [1.807, 2.05) is 0 Å². The Morgan fingerprint density at radius 3 is 2.63 bits per heavy atom. The second-order valence-electron chi connectivity index (χ2n) is 5.79. The minimum absolute atomic E-state index is 0.0650. The van der Waals surface area contributed by atoms with E-state index in [0.717, 1.165) is 31.6 Å². The summed E-state index contributed by atoms with van der Waals surface area (Å²) in [4.78, 5) is 0. The molecule has 3 heteroatoms. The van der Waals surface area contributed by atoms with E-state index in [-0.39, 0.29) is 6.04 Å². The van der Waals surface area contributed by atoms with Crippen molar-refractivity contribution in [2.45, 2.75) is 70.6 Å². The monoisotopic (exact) mass is 267 g/mol. The number of ether oxygens (including phenoxy) is 1. The van der Waals surface area contributed by atoms with E-state index in [1.165, 1.54) is 12.8 Å². The van der Waals surface area contributed by atoms with Crippen LogP contribution in [0, 0.1) is 18.3 Å². The van der Waals surface area contributed by atoms with Crippen molar-refractivity contribution in [1.82, 2.24) is 5.32 Å². The summed E-state index contributed by atoms with van der Waals surface area (Å²) >= 11 is 0. The van der Waals surface area contributed by atoms with Gasteiger partial charge in [-0.3, -0.25) is 0 Å². The van der Waals surface area contributed by atoms with E-state index in [0.29, 0.717) is 19.3 Å². The Hall–Kier alpha value is -0.560. The van der Waals surface area contributed by atoms with E-state index in [9.17, 15) is 5.11 Å². The van der Waals surface area contributed by atoms with Crippen LogP contribution >= 0.6 is 0 Å². The molecule has 110 valence electrons. The molecule has 0 aromatic carbocycles. The predicted molar refractivity (Wildman–Crippen MR) is 78.9 cm³/mol. The van der Waals surface area contributed by atoms with Crippen molar-refractivity contribution in [3.05, 3.63) is 0 Å². The van der Waals surface area contributed by atoms with Crippen LogP contribution in [0.1, 0.15) is 52.4 Å². The largest absolute Gasteiger partial charge is 0.389 e. The number of rotatable bonds is 8. The van der Waals surface area contributed by atoms with Crippen LogP contribution in [0.15, 0.2) is 0 Å². The molecule has 1 fully saturated rings. The van der Waals surface area contributed by atoms with Crippen LogP contribution in [-0.2, 0) is 4.74 Å². The smallest absolute Gasteiger partial charge is 0.0898 e. The van der Waals surface area contributed by atoms with Gasteiger partial charge in [-0.25, -0.2) is 0 Å². The summed E-state index contributed by atoms with van der Waals surface area (Å²) in [5.41, 5.74) is 0. The minimum atomic E-state index is -0.466. The van der Waals surface area contributed by atoms with Crippen molar-refractivity contribution in [3.63, 3.8) is 0 Å². The molecule has 0 radical (unpaired) electrons. The first-order valence-electron chi connectivity index (χ1n) is 7.64. The van der Waals surface area contributed by atoms with Gasteiger partial charge < -0.3 is 15.2 Å². The number of aliphatic hydroxyl groups excluding tert-OH is 1. The van der Waals surface area contributed by atoms with Gasteiger partial charge in [0.2, 0.25) is 0 Å². The summed E-state index contributed by atoms with van der Waals surface area (Å²) in [5, 5.41) is 13.1. The van der Waals surface area contributed by atoms with E-state index < -0.39 is 6.10 Å². The van der Waals surface area contributed by atoms with Gasteiger partial charge in [0.05, 0.1) is 24.9 Å². The molecule has 1 aliphatic rings. The van der Waals surface area contributed by atoms with Gasteiger partial charge in [-0.05, 0) is 38.0 Å². The Morgan fingerprint density at radius 1 is 1.37 bits per heavy atom. The molecule has 0 heterocycles. The van der Waals surface area contributed by atoms with Crippen molar-refractivity contribution in [2.24, 2.45) is 5.92 Å². The van der Waals surface area contributed by atoms with Gasteiger partial charge in [0.15, 0.2) is 0 Å². The van der Waals surface area contributed by atoms with Gasteiger partial charge in [0, 0.05) is 6.54 Å². The molecule has 1 rings (SSSR count). The van der Waals surface area contributed by atoms with Crippen molar-refractivity contribution < 1.29 is 9.84 Å². The molecular formula is C16H29NO2. The molecule has 0 aromatic rings. The molecule has 0 aliphatic heterocycles. The van der Waals surface area contributed by atoms with Crippen LogP contribution in [0.3, 0.4) is 0 Å². The SMILES string of the molecule is C#CC(CCC)NCC(O)COC1CCC(C)CC1. The van der Waals surface area contributed by atoms with E-state index in [1.54, 1.807) is 0 Å². The maximum Gasteiger partial charge on any atom is 0.0898 e. The number of hydrogen-bond acceptors (Lipinski definition) is 3. The zero-order valence-corrected chi connectivity index (χ0v) is 12.4. The number of aliphatic hydroxyl groups is 1. The summed E-state index contributed by atoms with van der Waals surface area (Å²) in [7, 11) is 0. The molecule has 0 spiro atoms. The standard InChI is InChI=1S/C16H29NO2/c1-4-6-14(5-2)17-11-15(18)12-19-16-9-7-13(3)8-10-16/h2,13-18H,4,6-12H2,1,3H3. The Morgan fingerprint density at radius 2 is 2.05 bits per heavy atom. The van der Waals surface area contributed by atoms with Gasteiger partial charge in [-0.15, -0.1) is 6.42 Å². The third-order valence-electron chi connectivity index (χ3n) is 3.87. The second-order valence-corrected chi connectivity index (χ2v) is 5.79. The second kappa shape index (κ2) is 9.36. The van der Waals surface area contributed by atoms with Gasteiger partial charge in [-0.2, -0.15) is 0 Å². The highest BCUT2D eigenvalue weighted by atomic mass is 16.5. The molecule has 0 amide bonds. The molecule has 3 nitrogen and oxygen atoms in total. The Bertz CT molecular complexity index is 266. The van der Waals surface area contributed by atoms with Crippen LogP contribution in [-0.4, -0.2) is 36.5 Å². The Kier molecular flexibility index (Phi) is 8.13. The van der Waals surface area contributed by atoms with Crippen LogP contribution in [0.2, 0.25) is 0 Å². The summed E-state index contributed by atoms with van der Waals surface area (Å²) in [6, 6.07) is 0.0650. The Labute approximate surface area is 118 Å². The molecular weight excluding hydrogens is 238 g/mol. The molecule has 0 bridgehead atoms. The highest BCUT2D eigenvalue weighted by Crippen LogP contribution is 2.25. The predicted octanol–water partition coefficient (Wildman–Crippen LogP) is 2.33. The zero-order chi connectivity index (χ0) is 14.1. The lowest BCUT2D eigenvalue weighted by Crippen LogP contribution is -2.37. The van der Waals surface area contributed by atoms with Crippen molar-refractivity contribution >= 4 is 0 Å². The van der Waals surface area contributed by atoms with Crippen molar-refractivity contribution in [2.75, 3.05) is 13.2 Å². The van der Waals surface area contributed by atoms with Crippen LogP contribution in [0.5, 0.6) is 0 Å². The number of nitrogens with one attached hydrogen (secondary N) is 1. The third kappa shape index (κ3) is 6.96. The molecule has 2 N–H and O–H groups in total. The average molecular weight is 267 g/mol. The molecule has 0 aromatic heterocycles. The van der Waals surface area contributed by atoms with E-state index in [4.69, 9.17) is 11.2 Å². The van der Waals surface area contributed by atoms with Crippen LogP contribution in [0.25, 0.3) is 0 Å². The normalized spacial score (nSPS) is 26.6. The topological polar surface area (TPSA) is 41.5 Å². The highest BCUT2D eigenvalue weighted by Gasteiger charge is 2.19. The first-order valence-corrected chi connectivity index (χ1v) is 7.64. The quantitative estimate of drug-likeness (QED) is 0.663. The lowest BCUT2D eigenvalue weighted by atomic mass is 9.89. The summed E-state index contributed by atoms with van der Waals surface area (Å²) in [6.07, 6.45) is 12.0. The van der Waals surface area contributed by atoms with Gasteiger partial charge in [-0.1, -0.05) is 26.2 Å². The van der Waals surface area contributed by atoms with Gasteiger partial charge in [0.1, 0.15) is 0 Å². The average Bonchev–Trinajstić information content (AvgIpc) is 2.42. The van der Waals surface area contributed by atoms with Gasteiger partial charge >= 0.3 is 0 Å². The number of terminal acetylenes is 1. The molecule has 1 saturated carbocycles. The van der Waals surface area contributed by atoms with E-state index in [2.05, 4.69) is 25.1 Å². The summed E-state index contributed by atoms with van der Waals surface area (Å²) in [6.45, 7) is 5.33. The zero-order valence-electron chi connectivity index (χ0n) is 12.4. The summed E-state index contributed by atoms with van der Waals surface area (Å²) < 4.78 is 5.78. The number of hydrogen-bond donors (Lipinski definition) is 2. The third-order valence-corrected chi connectivity index (χ3v) is 3.87. The van der Waals surface area contributed by atoms with Crippen molar-refractivity contribution in [1.29, 1.82) is 0 Å². The molecule has 0 saturated heterocycles. The van der Waals surface area contributed by atoms with Crippen LogP contribution in [0.4, 0.5) is 0 Å².